The van der Waals surface area contributed by atoms with Crippen LogP contribution in [-0.2, 0) is 16.0 Å². The number of carbonyl (C=O) groups is 2. The van der Waals surface area contributed by atoms with Crippen molar-refractivity contribution in [2.75, 3.05) is 17.3 Å². The summed E-state index contributed by atoms with van der Waals surface area (Å²) in [5.74, 6) is -0.143. The van der Waals surface area contributed by atoms with Crippen LogP contribution in [0.5, 0.6) is 0 Å². The van der Waals surface area contributed by atoms with Crippen LogP contribution in [0.15, 0.2) is 48.5 Å². The Hall–Kier alpha value is -2.73. The van der Waals surface area contributed by atoms with Gasteiger partial charge in [-0.05, 0) is 29.8 Å². The highest BCUT2D eigenvalue weighted by atomic mass is 32.1. The van der Waals surface area contributed by atoms with Crippen molar-refractivity contribution in [2.45, 2.75) is 13.3 Å². The molecule has 0 saturated heterocycles. The normalized spacial score (nSPS) is 10.6. The van der Waals surface area contributed by atoms with Gasteiger partial charge in [-0.15, -0.1) is 0 Å². The molecule has 6 heteroatoms. The molecule has 0 aliphatic heterocycles. The molecule has 1 heterocycles. The summed E-state index contributed by atoms with van der Waals surface area (Å²) in [5.41, 5.74) is 2.51. The SMILES string of the molecule is CC(=O)Nc1ccc(CC(=O)N(C)c2nc3ccccc3s2)cc1. The lowest BCUT2D eigenvalue weighted by Gasteiger charge is -2.13. The number of carbonyl (C=O) groups excluding carboxylic acids is 2. The van der Waals surface area contributed by atoms with Crippen LogP contribution in [0.4, 0.5) is 10.8 Å². The smallest absolute Gasteiger partial charge is 0.232 e. The number of hydrogen-bond donors (Lipinski definition) is 1. The van der Waals surface area contributed by atoms with Crippen molar-refractivity contribution in [3.05, 3.63) is 54.1 Å². The monoisotopic (exact) mass is 339 g/mol. The second-order valence-electron chi connectivity index (χ2n) is 5.47. The maximum atomic E-state index is 12.5. The topological polar surface area (TPSA) is 62.3 Å². The molecule has 0 aliphatic rings. The molecule has 0 fully saturated rings. The number of amides is 2. The molecule has 122 valence electrons. The zero-order valence-electron chi connectivity index (χ0n) is 13.4. The second kappa shape index (κ2) is 6.80. The summed E-state index contributed by atoms with van der Waals surface area (Å²) < 4.78 is 1.06. The maximum absolute atomic E-state index is 12.5. The van der Waals surface area contributed by atoms with Crippen molar-refractivity contribution in [2.24, 2.45) is 0 Å². The highest BCUT2D eigenvalue weighted by Gasteiger charge is 2.15. The Balaban J connectivity index is 1.70. The standard InChI is InChI=1S/C18H17N3O2S/c1-12(22)19-14-9-7-13(8-10-14)11-17(23)21(2)18-20-15-5-3-4-6-16(15)24-18/h3-10H,11H2,1-2H3,(H,19,22). The highest BCUT2D eigenvalue weighted by molar-refractivity contribution is 7.22. The van der Waals surface area contributed by atoms with Gasteiger partial charge in [-0.25, -0.2) is 4.98 Å². The van der Waals surface area contributed by atoms with E-state index in [0.29, 0.717) is 5.13 Å². The number of anilines is 2. The average molecular weight is 339 g/mol. The van der Waals surface area contributed by atoms with E-state index in [0.717, 1.165) is 21.5 Å². The molecule has 1 N–H and O–H groups in total. The van der Waals surface area contributed by atoms with Gasteiger partial charge in [0.2, 0.25) is 11.8 Å². The molecule has 0 unspecified atom stereocenters. The fourth-order valence-electron chi connectivity index (χ4n) is 2.31. The van der Waals surface area contributed by atoms with Crippen molar-refractivity contribution in [3.63, 3.8) is 0 Å². The molecule has 2 amide bonds. The number of hydrogen-bond acceptors (Lipinski definition) is 4. The fraction of sp³-hybridized carbons (Fsp3) is 0.167. The van der Waals surface area contributed by atoms with E-state index in [1.54, 1.807) is 24.1 Å². The third-order valence-electron chi connectivity index (χ3n) is 3.57. The van der Waals surface area contributed by atoms with Crippen molar-refractivity contribution in [1.82, 2.24) is 4.98 Å². The van der Waals surface area contributed by atoms with E-state index in [1.807, 2.05) is 36.4 Å². The van der Waals surface area contributed by atoms with Crippen molar-refractivity contribution >= 4 is 44.2 Å². The van der Waals surface area contributed by atoms with Gasteiger partial charge < -0.3 is 5.32 Å². The molecule has 2 aromatic carbocycles. The van der Waals surface area contributed by atoms with Gasteiger partial charge in [0.15, 0.2) is 5.13 Å². The Kier molecular flexibility index (Phi) is 4.57. The van der Waals surface area contributed by atoms with E-state index < -0.39 is 0 Å². The van der Waals surface area contributed by atoms with Gasteiger partial charge in [0.05, 0.1) is 16.6 Å². The van der Waals surface area contributed by atoms with Gasteiger partial charge in [0.25, 0.3) is 0 Å². The molecule has 0 aliphatic carbocycles. The van der Waals surface area contributed by atoms with Crippen molar-refractivity contribution in [1.29, 1.82) is 0 Å². The van der Waals surface area contributed by atoms with Crippen LogP contribution in [0.2, 0.25) is 0 Å². The third-order valence-corrected chi connectivity index (χ3v) is 4.69. The van der Waals surface area contributed by atoms with E-state index in [4.69, 9.17) is 0 Å². The van der Waals surface area contributed by atoms with E-state index >= 15 is 0 Å². The van der Waals surface area contributed by atoms with E-state index in [-0.39, 0.29) is 18.2 Å². The molecular weight excluding hydrogens is 322 g/mol. The first-order valence-electron chi connectivity index (χ1n) is 7.51. The molecule has 3 aromatic rings. The summed E-state index contributed by atoms with van der Waals surface area (Å²) in [4.78, 5) is 29.6. The number of benzene rings is 2. The predicted octanol–water partition coefficient (Wildman–Crippen LogP) is 3.46. The first-order valence-corrected chi connectivity index (χ1v) is 8.33. The van der Waals surface area contributed by atoms with Crippen molar-refractivity contribution < 1.29 is 9.59 Å². The average Bonchev–Trinajstić information content (AvgIpc) is 2.99. The van der Waals surface area contributed by atoms with Gasteiger partial charge in [-0.1, -0.05) is 35.6 Å². The van der Waals surface area contributed by atoms with Crippen LogP contribution in [0, 0.1) is 0 Å². The molecule has 0 saturated carbocycles. The summed E-state index contributed by atoms with van der Waals surface area (Å²) in [5, 5.41) is 3.40. The molecule has 1 aromatic heterocycles. The van der Waals surface area contributed by atoms with Crippen LogP contribution in [-0.4, -0.2) is 23.8 Å². The first kappa shape index (κ1) is 16.1. The summed E-state index contributed by atoms with van der Waals surface area (Å²) in [6.45, 7) is 1.46. The zero-order chi connectivity index (χ0) is 17.1. The minimum absolute atomic E-state index is 0.0265. The number of aromatic nitrogens is 1. The summed E-state index contributed by atoms with van der Waals surface area (Å²) >= 11 is 1.50. The molecule has 0 atom stereocenters. The Morgan fingerprint density at radius 1 is 1.12 bits per heavy atom. The Morgan fingerprint density at radius 3 is 2.50 bits per heavy atom. The van der Waals surface area contributed by atoms with E-state index in [1.165, 1.54) is 18.3 Å². The Labute approximate surface area is 143 Å². The second-order valence-corrected chi connectivity index (χ2v) is 6.48. The van der Waals surface area contributed by atoms with Crippen LogP contribution in [0.25, 0.3) is 10.2 Å². The minimum Gasteiger partial charge on any atom is -0.326 e. The van der Waals surface area contributed by atoms with Gasteiger partial charge in [0, 0.05) is 19.7 Å². The fourth-order valence-corrected chi connectivity index (χ4v) is 3.26. The maximum Gasteiger partial charge on any atom is 0.232 e. The van der Waals surface area contributed by atoms with Gasteiger partial charge >= 0.3 is 0 Å². The van der Waals surface area contributed by atoms with Crippen LogP contribution in [0.3, 0.4) is 0 Å². The summed E-state index contributed by atoms with van der Waals surface area (Å²) in [6, 6.07) is 15.1. The highest BCUT2D eigenvalue weighted by Crippen LogP contribution is 2.28. The quantitative estimate of drug-likeness (QED) is 0.792. The van der Waals surface area contributed by atoms with Gasteiger partial charge in [-0.2, -0.15) is 0 Å². The lowest BCUT2D eigenvalue weighted by molar-refractivity contribution is -0.117. The van der Waals surface area contributed by atoms with E-state index in [2.05, 4.69) is 10.3 Å². The molecule has 24 heavy (non-hydrogen) atoms. The zero-order valence-corrected chi connectivity index (χ0v) is 14.3. The van der Waals surface area contributed by atoms with Gasteiger partial charge in [-0.3, -0.25) is 14.5 Å². The summed E-state index contributed by atoms with van der Waals surface area (Å²) in [7, 11) is 1.74. The molecule has 0 spiro atoms. The first-order chi connectivity index (χ1) is 11.5. The number of rotatable bonds is 4. The summed E-state index contributed by atoms with van der Waals surface area (Å²) in [6.07, 6.45) is 0.285. The minimum atomic E-state index is -0.116. The lowest BCUT2D eigenvalue weighted by Crippen LogP contribution is -2.27. The Bertz CT molecular complexity index is 854. The third kappa shape index (κ3) is 3.60. The molecular formula is C18H17N3O2S. The lowest BCUT2D eigenvalue weighted by atomic mass is 10.1. The van der Waals surface area contributed by atoms with Crippen molar-refractivity contribution in [3.8, 4) is 0 Å². The molecule has 0 bridgehead atoms. The van der Waals surface area contributed by atoms with Crippen LogP contribution in [0.1, 0.15) is 12.5 Å². The van der Waals surface area contributed by atoms with E-state index in [9.17, 15) is 9.59 Å². The molecule has 3 rings (SSSR count). The largest absolute Gasteiger partial charge is 0.326 e. The molecule has 5 nitrogen and oxygen atoms in total. The number of thiazole rings is 1. The Morgan fingerprint density at radius 2 is 1.83 bits per heavy atom. The van der Waals surface area contributed by atoms with Crippen LogP contribution >= 0.6 is 11.3 Å². The van der Waals surface area contributed by atoms with Gasteiger partial charge in [0.1, 0.15) is 0 Å². The number of para-hydroxylation sites is 1. The number of likely N-dealkylation sites (N-methyl/N-ethyl adjacent to an activating group) is 1. The number of nitrogens with zero attached hydrogens (tertiary/aromatic N) is 2. The number of fused-ring (bicyclic) bond motifs is 1. The van der Waals surface area contributed by atoms with Crippen LogP contribution < -0.4 is 10.2 Å². The predicted molar refractivity (Wildman–Crippen MR) is 97.5 cm³/mol. The number of nitrogens with one attached hydrogen (secondary N) is 1. The molecule has 0 radical (unpaired) electrons.